The maximum atomic E-state index is 13.1. The van der Waals surface area contributed by atoms with E-state index in [0.717, 1.165) is 10.9 Å². The minimum absolute atomic E-state index is 0. The highest BCUT2D eigenvalue weighted by atomic mass is 35.5. The summed E-state index contributed by atoms with van der Waals surface area (Å²) in [6.45, 7) is 2.42. The zero-order valence-electron chi connectivity index (χ0n) is 10.7. The number of benzene rings is 1. The zero-order chi connectivity index (χ0) is 13.1. The van der Waals surface area contributed by atoms with Crippen LogP contribution in [0.1, 0.15) is 11.3 Å². The molecule has 0 aliphatic carbocycles. The first kappa shape index (κ1) is 15.5. The van der Waals surface area contributed by atoms with Gasteiger partial charge in [-0.2, -0.15) is 0 Å². The molecule has 0 radical (unpaired) electrons. The third-order valence-electron chi connectivity index (χ3n) is 2.78. The molecule has 1 amide bonds. The van der Waals surface area contributed by atoms with Gasteiger partial charge in [-0.15, -0.1) is 12.4 Å². The summed E-state index contributed by atoms with van der Waals surface area (Å²) >= 11 is 0. The van der Waals surface area contributed by atoms with Gasteiger partial charge in [0, 0.05) is 10.9 Å². The molecule has 0 unspecified atom stereocenters. The highest BCUT2D eigenvalue weighted by Crippen LogP contribution is 2.25. The van der Waals surface area contributed by atoms with E-state index < -0.39 is 0 Å². The fraction of sp³-hybridized carbons (Fsp3) is 0.308. The molecule has 19 heavy (non-hydrogen) atoms. The van der Waals surface area contributed by atoms with E-state index in [1.54, 1.807) is 13.1 Å². The van der Waals surface area contributed by atoms with Gasteiger partial charge in [0.2, 0.25) is 5.91 Å². The zero-order valence-corrected chi connectivity index (χ0v) is 11.6. The predicted molar refractivity (Wildman–Crippen MR) is 73.9 cm³/mol. The van der Waals surface area contributed by atoms with Crippen LogP contribution in [0, 0.1) is 12.7 Å². The van der Waals surface area contributed by atoms with Gasteiger partial charge in [0.1, 0.15) is 17.2 Å². The van der Waals surface area contributed by atoms with E-state index in [0.29, 0.717) is 17.9 Å². The van der Waals surface area contributed by atoms with Crippen molar-refractivity contribution >= 4 is 29.3 Å². The standard InChI is InChI=1S/C13H15FN2O2.ClH/c1-8-10-5-9(14)3-4-11(10)18-12(8)6-16-13(17)7-15-2;/h3-5,15H,6-7H2,1-2H3,(H,16,17);1H. The Bertz CT molecular complexity index is 583. The number of furan rings is 1. The van der Waals surface area contributed by atoms with Crippen molar-refractivity contribution in [3.05, 3.63) is 35.3 Å². The average molecular weight is 287 g/mol. The van der Waals surface area contributed by atoms with E-state index in [9.17, 15) is 9.18 Å². The monoisotopic (exact) mass is 286 g/mol. The summed E-state index contributed by atoms with van der Waals surface area (Å²) in [6.07, 6.45) is 0. The van der Waals surface area contributed by atoms with Gasteiger partial charge in [0.25, 0.3) is 0 Å². The maximum Gasteiger partial charge on any atom is 0.234 e. The predicted octanol–water partition coefficient (Wildman–Crippen LogP) is 2.14. The first-order chi connectivity index (χ1) is 8.61. The van der Waals surface area contributed by atoms with E-state index in [4.69, 9.17) is 4.42 Å². The molecule has 6 heteroatoms. The van der Waals surface area contributed by atoms with E-state index in [-0.39, 0.29) is 30.7 Å². The molecule has 0 saturated carbocycles. The van der Waals surface area contributed by atoms with Gasteiger partial charge in [-0.25, -0.2) is 4.39 Å². The number of carbonyl (C=O) groups excluding carboxylic acids is 1. The highest BCUT2D eigenvalue weighted by Gasteiger charge is 2.11. The van der Waals surface area contributed by atoms with Crippen molar-refractivity contribution in [1.29, 1.82) is 0 Å². The Morgan fingerprint density at radius 3 is 2.84 bits per heavy atom. The fourth-order valence-electron chi connectivity index (χ4n) is 1.81. The second kappa shape index (κ2) is 6.54. The Balaban J connectivity index is 0.00000180. The van der Waals surface area contributed by atoms with Crippen LogP contribution in [0.5, 0.6) is 0 Å². The second-order valence-corrected chi connectivity index (χ2v) is 4.10. The third-order valence-corrected chi connectivity index (χ3v) is 2.78. The molecule has 0 atom stereocenters. The van der Waals surface area contributed by atoms with Crippen LogP contribution in [0.3, 0.4) is 0 Å². The van der Waals surface area contributed by atoms with E-state index >= 15 is 0 Å². The summed E-state index contributed by atoms with van der Waals surface area (Å²) in [5, 5.41) is 6.23. The molecule has 0 spiro atoms. The molecule has 1 heterocycles. The summed E-state index contributed by atoms with van der Waals surface area (Å²) in [6, 6.07) is 4.39. The van der Waals surface area contributed by atoms with Crippen LogP contribution < -0.4 is 10.6 Å². The van der Waals surface area contributed by atoms with Crippen molar-refractivity contribution < 1.29 is 13.6 Å². The number of fused-ring (bicyclic) bond motifs is 1. The van der Waals surface area contributed by atoms with Crippen LogP contribution >= 0.6 is 12.4 Å². The third kappa shape index (κ3) is 3.45. The first-order valence-corrected chi connectivity index (χ1v) is 5.70. The van der Waals surface area contributed by atoms with Gasteiger partial charge in [-0.1, -0.05) is 0 Å². The average Bonchev–Trinajstić information content (AvgIpc) is 2.64. The summed E-state index contributed by atoms with van der Waals surface area (Å²) in [7, 11) is 1.70. The number of nitrogens with one attached hydrogen (secondary N) is 2. The number of rotatable bonds is 4. The fourth-order valence-corrected chi connectivity index (χ4v) is 1.81. The maximum absolute atomic E-state index is 13.1. The summed E-state index contributed by atoms with van der Waals surface area (Å²) in [4.78, 5) is 11.3. The molecule has 4 nitrogen and oxygen atoms in total. The van der Waals surface area contributed by atoms with E-state index in [1.165, 1.54) is 12.1 Å². The molecule has 1 aromatic heterocycles. The lowest BCUT2D eigenvalue weighted by Crippen LogP contribution is -2.31. The van der Waals surface area contributed by atoms with Crippen molar-refractivity contribution in [1.82, 2.24) is 10.6 Å². The molecule has 2 rings (SSSR count). The van der Waals surface area contributed by atoms with Crippen LogP contribution in [0.2, 0.25) is 0 Å². The van der Waals surface area contributed by atoms with Gasteiger partial charge in [0.15, 0.2) is 0 Å². The van der Waals surface area contributed by atoms with Gasteiger partial charge in [-0.05, 0) is 32.2 Å². The molecule has 0 saturated heterocycles. The smallest absolute Gasteiger partial charge is 0.234 e. The summed E-state index contributed by atoms with van der Waals surface area (Å²) < 4.78 is 18.7. The Morgan fingerprint density at radius 2 is 2.16 bits per heavy atom. The van der Waals surface area contributed by atoms with Crippen LogP contribution in [-0.2, 0) is 11.3 Å². The minimum Gasteiger partial charge on any atom is -0.459 e. The number of aryl methyl sites for hydroxylation is 1. The molecule has 0 aliphatic rings. The quantitative estimate of drug-likeness (QED) is 0.905. The van der Waals surface area contributed by atoms with E-state index in [1.807, 2.05) is 6.92 Å². The van der Waals surface area contributed by atoms with Crippen LogP contribution in [-0.4, -0.2) is 19.5 Å². The second-order valence-electron chi connectivity index (χ2n) is 4.10. The molecule has 2 N–H and O–H groups in total. The van der Waals surface area contributed by atoms with Gasteiger partial charge < -0.3 is 15.1 Å². The molecule has 2 aromatic rings. The largest absolute Gasteiger partial charge is 0.459 e. The van der Waals surface area contributed by atoms with Crippen molar-refractivity contribution in [2.45, 2.75) is 13.5 Å². The number of hydrogen-bond acceptors (Lipinski definition) is 3. The highest BCUT2D eigenvalue weighted by molar-refractivity contribution is 5.85. The van der Waals surface area contributed by atoms with Gasteiger partial charge >= 0.3 is 0 Å². The normalized spacial score (nSPS) is 10.3. The van der Waals surface area contributed by atoms with Crippen molar-refractivity contribution in [2.24, 2.45) is 0 Å². The topological polar surface area (TPSA) is 54.3 Å². The van der Waals surface area contributed by atoms with E-state index in [2.05, 4.69) is 10.6 Å². The molecular formula is C13H16ClFN2O2. The van der Waals surface area contributed by atoms with Crippen molar-refractivity contribution in [2.75, 3.05) is 13.6 Å². The summed E-state index contributed by atoms with van der Waals surface area (Å²) in [5.41, 5.74) is 1.49. The minimum atomic E-state index is -0.294. The number of amides is 1. The van der Waals surface area contributed by atoms with Crippen LogP contribution in [0.15, 0.2) is 22.6 Å². The molecule has 1 aromatic carbocycles. The molecule has 104 valence electrons. The SMILES string of the molecule is CNCC(=O)NCc1oc2ccc(F)cc2c1C.Cl. The van der Waals surface area contributed by atoms with Crippen molar-refractivity contribution in [3.8, 4) is 0 Å². The van der Waals surface area contributed by atoms with Crippen molar-refractivity contribution in [3.63, 3.8) is 0 Å². The van der Waals surface area contributed by atoms with Gasteiger partial charge in [0.05, 0.1) is 13.1 Å². The summed E-state index contributed by atoms with van der Waals surface area (Å²) in [5.74, 6) is 0.251. The molecule has 0 aliphatic heterocycles. The lowest BCUT2D eigenvalue weighted by molar-refractivity contribution is -0.120. The number of hydrogen-bond donors (Lipinski definition) is 2. The van der Waals surface area contributed by atoms with Crippen LogP contribution in [0.25, 0.3) is 11.0 Å². The van der Waals surface area contributed by atoms with Crippen LogP contribution in [0.4, 0.5) is 4.39 Å². The first-order valence-electron chi connectivity index (χ1n) is 5.70. The Kier molecular flexibility index (Phi) is 5.32. The molecular weight excluding hydrogens is 271 g/mol. The molecule has 0 fully saturated rings. The number of halogens is 2. The lowest BCUT2D eigenvalue weighted by Gasteiger charge is -2.02. The Hall–Kier alpha value is -1.59. The lowest BCUT2D eigenvalue weighted by atomic mass is 10.1. The number of carbonyl (C=O) groups is 1. The molecule has 0 bridgehead atoms. The Morgan fingerprint density at radius 1 is 1.42 bits per heavy atom. The van der Waals surface area contributed by atoms with Gasteiger partial charge in [-0.3, -0.25) is 4.79 Å². The number of likely N-dealkylation sites (N-methyl/N-ethyl adjacent to an activating group) is 1. The Labute approximate surface area is 116 Å².